The van der Waals surface area contributed by atoms with Crippen molar-refractivity contribution in [3.8, 4) is 0 Å². The summed E-state index contributed by atoms with van der Waals surface area (Å²) in [6.07, 6.45) is 0. The molecule has 112 valence electrons. The van der Waals surface area contributed by atoms with Crippen LogP contribution in [0.2, 0.25) is 0 Å². The van der Waals surface area contributed by atoms with Crippen molar-refractivity contribution in [2.24, 2.45) is 0 Å². The summed E-state index contributed by atoms with van der Waals surface area (Å²) >= 11 is 3.34. The van der Waals surface area contributed by atoms with Gasteiger partial charge in [-0.15, -0.1) is 0 Å². The van der Waals surface area contributed by atoms with E-state index in [-0.39, 0.29) is 10.8 Å². The number of carbonyl (C=O) groups is 1. The van der Waals surface area contributed by atoms with Crippen molar-refractivity contribution >= 4 is 55.7 Å². The molecule has 1 amide bonds. The number of benzene rings is 2. The Balaban J connectivity index is 1.93. The molecule has 0 aliphatic heterocycles. The third kappa shape index (κ3) is 2.80. The van der Waals surface area contributed by atoms with Crippen molar-refractivity contribution in [3.05, 3.63) is 61.3 Å². The Kier molecular flexibility index (Phi) is 4.30. The number of nitrogens with zero attached hydrogens (tertiary/aromatic N) is 1. The summed E-state index contributed by atoms with van der Waals surface area (Å²) in [6.45, 7) is 2.59. The maximum atomic E-state index is 12.3. The van der Waals surface area contributed by atoms with E-state index in [1.54, 1.807) is 10.6 Å². The number of aromatic nitrogens is 1. The Hall–Kier alpha value is -1.67. The standard InChI is InChI=1S/C16H13IN2O2S/c1-2-19-13-8-7-10(9-14(13)22-16(19)21)18-15(20)11-5-3-4-6-12(11)17/h3-9H,2H2,1H3,(H,18,20). The second-order valence-corrected chi connectivity index (χ2v) is 6.88. The maximum absolute atomic E-state index is 12.3. The average molecular weight is 424 g/mol. The highest BCUT2D eigenvalue weighted by molar-refractivity contribution is 14.1. The van der Waals surface area contributed by atoms with Gasteiger partial charge in [0.1, 0.15) is 0 Å². The second kappa shape index (κ2) is 6.21. The van der Waals surface area contributed by atoms with Gasteiger partial charge in [-0.1, -0.05) is 23.5 Å². The Morgan fingerprint density at radius 3 is 2.77 bits per heavy atom. The van der Waals surface area contributed by atoms with Gasteiger partial charge in [0.2, 0.25) is 0 Å². The minimum Gasteiger partial charge on any atom is -0.322 e. The van der Waals surface area contributed by atoms with E-state index in [1.165, 1.54) is 11.3 Å². The van der Waals surface area contributed by atoms with Crippen molar-refractivity contribution in [1.29, 1.82) is 0 Å². The topological polar surface area (TPSA) is 51.1 Å². The van der Waals surface area contributed by atoms with Gasteiger partial charge < -0.3 is 5.32 Å². The van der Waals surface area contributed by atoms with E-state index in [9.17, 15) is 9.59 Å². The number of fused-ring (bicyclic) bond motifs is 1. The van der Waals surface area contributed by atoms with Crippen LogP contribution >= 0.6 is 33.9 Å². The zero-order valence-electron chi connectivity index (χ0n) is 11.8. The summed E-state index contributed by atoms with van der Waals surface area (Å²) < 4.78 is 3.51. The van der Waals surface area contributed by atoms with Crippen molar-refractivity contribution in [1.82, 2.24) is 4.57 Å². The molecule has 1 aromatic heterocycles. The average Bonchev–Trinajstić information content (AvgIpc) is 2.81. The number of carbonyl (C=O) groups excluding carboxylic acids is 1. The first-order valence-electron chi connectivity index (χ1n) is 6.79. The fraction of sp³-hybridized carbons (Fsp3) is 0.125. The summed E-state index contributed by atoms with van der Waals surface area (Å²) in [6, 6.07) is 13.0. The van der Waals surface area contributed by atoms with Crippen molar-refractivity contribution in [2.45, 2.75) is 13.5 Å². The lowest BCUT2D eigenvalue weighted by molar-refractivity contribution is 0.102. The van der Waals surface area contributed by atoms with Crippen LogP contribution in [0.1, 0.15) is 17.3 Å². The van der Waals surface area contributed by atoms with Crippen LogP contribution in [0.3, 0.4) is 0 Å². The highest BCUT2D eigenvalue weighted by atomic mass is 127. The summed E-state index contributed by atoms with van der Waals surface area (Å²) in [5.74, 6) is -0.147. The number of halogens is 1. The first kappa shape index (κ1) is 15.2. The number of rotatable bonds is 3. The minimum absolute atomic E-state index is 0.0265. The molecule has 22 heavy (non-hydrogen) atoms. The van der Waals surface area contributed by atoms with Crippen LogP contribution < -0.4 is 10.2 Å². The Morgan fingerprint density at radius 2 is 2.05 bits per heavy atom. The second-order valence-electron chi connectivity index (χ2n) is 4.73. The molecular formula is C16H13IN2O2S. The quantitative estimate of drug-likeness (QED) is 0.648. The Bertz CT molecular complexity index is 914. The molecule has 2 aromatic carbocycles. The third-order valence-electron chi connectivity index (χ3n) is 3.36. The molecule has 3 rings (SSSR count). The highest BCUT2D eigenvalue weighted by Gasteiger charge is 2.11. The molecule has 4 nitrogen and oxygen atoms in total. The number of thiazole rings is 1. The molecule has 0 saturated carbocycles. The zero-order chi connectivity index (χ0) is 15.7. The fourth-order valence-corrected chi connectivity index (χ4v) is 3.91. The SMILES string of the molecule is CCn1c(=O)sc2cc(NC(=O)c3ccccc3I)ccc21. The molecule has 1 N–H and O–H groups in total. The van der Waals surface area contributed by atoms with Gasteiger partial charge in [-0.2, -0.15) is 0 Å². The van der Waals surface area contributed by atoms with Crippen LogP contribution in [0.15, 0.2) is 47.3 Å². The molecule has 1 heterocycles. The van der Waals surface area contributed by atoms with E-state index in [1.807, 2.05) is 43.3 Å². The lowest BCUT2D eigenvalue weighted by Gasteiger charge is -2.07. The molecule has 3 aromatic rings. The number of nitrogens with one attached hydrogen (secondary N) is 1. The van der Waals surface area contributed by atoms with E-state index < -0.39 is 0 Å². The predicted molar refractivity (Wildman–Crippen MR) is 98.9 cm³/mol. The number of amides is 1. The van der Waals surface area contributed by atoms with Gasteiger partial charge in [0.15, 0.2) is 0 Å². The lowest BCUT2D eigenvalue weighted by Crippen LogP contribution is -2.13. The molecule has 0 radical (unpaired) electrons. The molecule has 0 aliphatic carbocycles. The highest BCUT2D eigenvalue weighted by Crippen LogP contribution is 2.22. The molecule has 0 spiro atoms. The zero-order valence-corrected chi connectivity index (χ0v) is 14.8. The van der Waals surface area contributed by atoms with E-state index in [0.29, 0.717) is 17.8 Å². The Morgan fingerprint density at radius 1 is 1.27 bits per heavy atom. The van der Waals surface area contributed by atoms with Crippen molar-refractivity contribution in [2.75, 3.05) is 5.32 Å². The van der Waals surface area contributed by atoms with Gasteiger partial charge in [0.05, 0.1) is 15.8 Å². The fourth-order valence-electron chi connectivity index (χ4n) is 2.29. The Labute approximate surface area is 144 Å². The smallest absolute Gasteiger partial charge is 0.308 e. The van der Waals surface area contributed by atoms with Gasteiger partial charge in [-0.05, 0) is 59.8 Å². The summed E-state index contributed by atoms with van der Waals surface area (Å²) in [4.78, 5) is 24.2. The summed E-state index contributed by atoms with van der Waals surface area (Å²) in [5, 5.41) is 2.89. The van der Waals surface area contributed by atoms with Crippen LogP contribution in [0.25, 0.3) is 10.2 Å². The summed E-state index contributed by atoms with van der Waals surface area (Å²) in [7, 11) is 0. The monoisotopic (exact) mass is 424 g/mol. The molecule has 0 atom stereocenters. The molecule has 6 heteroatoms. The molecule has 0 bridgehead atoms. The molecule has 0 fully saturated rings. The van der Waals surface area contributed by atoms with E-state index >= 15 is 0 Å². The molecule has 0 unspecified atom stereocenters. The number of hydrogen-bond acceptors (Lipinski definition) is 3. The molecular weight excluding hydrogens is 411 g/mol. The lowest BCUT2D eigenvalue weighted by atomic mass is 10.2. The van der Waals surface area contributed by atoms with Gasteiger partial charge in [-0.3, -0.25) is 14.2 Å². The minimum atomic E-state index is -0.147. The number of anilines is 1. The normalized spacial score (nSPS) is 10.8. The van der Waals surface area contributed by atoms with E-state index in [4.69, 9.17) is 0 Å². The van der Waals surface area contributed by atoms with Crippen LogP contribution in [0, 0.1) is 3.57 Å². The molecule has 0 aliphatic rings. The number of aryl methyl sites for hydroxylation is 1. The van der Waals surface area contributed by atoms with Gasteiger partial charge in [0, 0.05) is 15.8 Å². The van der Waals surface area contributed by atoms with Gasteiger partial charge in [-0.25, -0.2) is 0 Å². The van der Waals surface area contributed by atoms with E-state index in [2.05, 4.69) is 27.9 Å². The van der Waals surface area contributed by atoms with E-state index in [0.717, 1.165) is 13.8 Å². The molecule has 0 saturated heterocycles. The maximum Gasteiger partial charge on any atom is 0.308 e. The third-order valence-corrected chi connectivity index (χ3v) is 5.24. The van der Waals surface area contributed by atoms with Gasteiger partial charge >= 0.3 is 4.87 Å². The van der Waals surface area contributed by atoms with Crippen molar-refractivity contribution < 1.29 is 4.79 Å². The predicted octanol–water partition coefficient (Wildman–Crippen LogP) is 3.94. The van der Waals surface area contributed by atoms with Crippen LogP contribution in [0.5, 0.6) is 0 Å². The first-order valence-corrected chi connectivity index (χ1v) is 8.69. The number of hydrogen-bond donors (Lipinski definition) is 1. The largest absolute Gasteiger partial charge is 0.322 e. The van der Waals surface area contributed by atoms with Crippen molar-refractivity contribution in [3.63, 3.8) is 0 Å². The van der Waals surface area contributed by atoms with Crippen LogP contribution in [-0.2, 0) is 6.54 Å². The summed E-state index contributed by atoms with van der Waals surface area (Å²) in [5.41, 5.74) is 2.24. The van der Waals surface area contributed by atoms with Crippen LogP contribution in [-0.4, -0.2) is 10.5 Å². The van der Waals surface area contributed by atoms with Gasteiger partial charge in [0.25, 0.3) is 5.91 Å². The first-order chi connectivity index (χ1) is 10.6. The van der Waals surface area contributed by atoms with Crippen LogP contribution in [0.4, 0.5) is 5.69 Å².